The average molecular weight is 393 g/mol. The molecule has 1 nitrogen and oxygen atoms in total. The molecule has 0 heterocycles. The number of benzene rings is 1. The average Bonchev–Trinajstić information content (AvgIpc) is 2.02. The summed E-state index contributed by atoms with van der Waals surface area (Å²) >= 11 is 4.44. The van der Waals surface area contributed by atoms with E-state index in [-0.39, 0.29) is 11.1 Å². The summed E-state index contributed by atoms with van der Waals surface area (Å²) in [7, 11) is 1.87. The number of rotatable bonds is 2. The van der Waals surface area contributed by atoms with Crippen LogP contribution in [0.25, 0.3) is 0 Å². The van der Waals surface area contributed by atoms with E-state index in [9.17, 15) is 13.6 Å². The Kier molecular flexibility index (Phi) is 4.00. The van der Waals surface area contributed by atoms with E-state index in [1.54, 1.807) is 0 Å². The number of carbonyl (C=O) groups is 1. The minimum Gasteiger partial charge on any atom is -0.298 e. The van der Waals surface area contributed by atoms with Gasteiger partial charge in [0.25, 0.3) is 0 Å². The molecule has 6 heteroatoms. The molecule has 0 aromatic heterocycles. The van der Waals surface area contributed by atoms with E-state index in [4.69, 9.17) is 0 Å². The molecule has 0 saturated carbocycles. The van der Waals surface area contributed by atoms with Crippen molar-refractivity contribution in [2.24, 2.45) is 0 Å². The van der Waals surface area contributed by atoms with Gasteiger partial charge in [-0.1, -0.05) is 15.3 Å². The highest BCUT2D eigenvalue weighted by Crippen LogP contribution is 2.42. The largest absolute Gasteiger partial charge is 0.298 e. The molecule has 0 N–H and O–H groups in total. The molecule has 14 heavy (non-hydrogen) atoms. The first kappa shape index (κ1) is 12.5. The van der Waals surface area contributed by atoms with Gasteiger partial charge in [-0.25, -0.2) is 8.78 Å². The fraction of sp³-hybridized carbons (Fsp3) is 0.125. The Morgan fingerprint density at radius 3 is 2.57 bits per heavy atom. The number of aldehydes is 1. The van der Waals surface area contributed by atoms with Crippen molar-refractivity contribution < 1.29 is 13.6 Å². The minimum atomic E-state index is -1.90. The van der Waals surface area contributed by atoms with E-state index in [0.29, 0.717) is 10.8 Å². The van der Waals surface area contributed by atoms with E-state index in [1.807, 2.05) is 9.24 Å². The first-order chi connectivity index (χ1) is 6.38. The highest BCUT2D eigenvalue weighted by Gasteiger charge is 2.27. The van der Waals surface area contributed by atoms with Gasteiger partial charge in [-0.05, 0) is 44.6 Å². The van der Waals surface area contributed by atoms with Crippen molar-refractivity contribution in [3.8, 4) is 0 Å². The zero-order valence-electron chi connectivity index (χ0n) is 6.73. The zero-order chi connectivity index (χ0) is 10.9. The Bertz CT molecular complexity index is 378. The normalized spacial score (nSPS) is 14.9. The Labute approximate surface area is 104 Å². The van der Waals surface area contributed by atoms with E-state index >= 15 is 0 Å². The van der Waals surface area contributed by atoms with Gasteiger partial charge < -0.3 is 0 Å². The summed E-state index contributed by atoms with van der Waals surface area (Å²) in [6, 6.07) is 2.74. The molecule has 0 spiro atoms. The summed E-state index contributed by atoms with van der Waals surface area (Å²) in [4.78, 5) is 10.5. The summed E-state index contributed by atoms with van der Waals surface area (Å²) in [5, 5.41) is 0. The summed E-state index contributed by atoms with van der Waals surface area (Å²) in [5.41, 5.74) is -0.322. The second-order valence-electron chi connectivity index (χ2n) is 2.56. The quantitative estimate of drug-likeness (QED) is 0.324. The second-order valence-corrected chi connectivity index (χ2v) is 6.96. The highest BCUT2D eigenvalue weighted by molar-refractivity contribution is 14.1. The van der Waals surface area contributed by atoms with E-state index in [1.165, 1.54) is 34.7 Å². The third-order valence-corrected chi connectivity index (χ3v) is 3.19. The predicted molar refractivity (Wildman–Crippen MR) is 66.0 cm³/mol. The van der Waals surface area contributed by atoms with Crippen molar-refractivity contribution in [3.05, 3.63) is 33.5 Å². The fourth-order valence-electron chi connectivity index (χ4n) is 0.935. The summed E-state index contributed by atoms with van der Waals surface area (Å²) in [5.74, 6) is -0.832. The lowest BCUT2D eigenvalue weighted by Gasteiger charge is -2.14. The van der Waals surface area contributed by atoms with Crippen LogP contribution in [0.3, 0.4) is 0 Å². The van der Waals surface area contributed by atoms with Crippen LogP contribution in [0.1, 0.15) is 15.9 Å². The molecule has 0 aliphatic heterocycles. The highest BCUT2D eigenvalue weighted by atomic mass is 127. The van der Waals surface area contributed by atoms with Crippen LogP contribution in [0, 0.1) is 5.82 Å². The molecule has 2 unspecified atom stereocenters. The van der Waals surface area contributed by atoms with E-state index in [0.717, 1.165) is 0 Å². The molecule has 1 aromatic rings. The van der Waals surface area contributed by atoms with Crippen molar-refractivity contribution >= 4 is 54.0 Å². The van der Waals surface area contributed by atoms with Gasteiger partial charge in [-0.2, -0.15) is 0 Å². The first-order valence-electron chi connectivity index (χ1n) is 3.48. The Hall–Kier alpha value is 0.390. The maximum atomic E-state index is 13.5. The maximum Gasteiger partial charge on any atom is 0.200 e. The topological polar surface area (TPSA) is 17.1 Å². The van der Waals surface area contributed by atoms with Gasteiger partial charge >= 0.3 is 0 Å². The van der Waals surface area contributed by atoms with Crippen molar-refractivity contribution in [1.82, 2.24) is 0 Å². The Balaban J connectivity index is 3.43. The maximum absolute atomic E-state index is 13.5. The summed E-state index contributed by atoms with van der Waals surface area (Å²) in [6.45, 7) is 0. The van der Waals surface area contributed by atoms with Crippen LogP contribution in [0.2, 0.25) is 0 Å². The van der Waals surface area contributed by atoms with Gasteiger partial charge in [-0.15, -0.1) is 0 Å². The molecule has 0 fully saturated rings. The second kappa shape index (κ2) is 4.49. The third-order valence-electron chi connectivity index (χ3n) is 1.60. The fourth-order valence-corrected chi connectivity index (χ4v) is 1.97. The Morgan fingerprint density at radius 1 is 1.57 bits per heavy atom. The molecule has 2 atom stereocenters. The number of halogens is 4. The van der Waals surface area contributed by atoms with Crippen LogP contribution < -0.4 is 0 Å². The lowest BCUT2D eigenvalue weighted by molar-refractivity contribution is 0.111. The molecule has 0 radical (unpaired) electrons. The van der Waals surface area contributed by atoms with Crippen molar-refractivity contribution in [3.63, 3.8) is 0 Å². The molecule has 0 saturated heterocycles. The minimum absolute atomic E-state index is 0.159. The Morgan fingerprint density at radius 2 is 2.14 bits per heavy atom. The number of hydrogen-bond donors (Lipinski definition) is 0. The van der Waals surface area contributed by atoms with Gasteiger partial charge in [0, 0.05) is 10.0 Å². The predicted octanol–water partition coefficient (Wildman–Crippen LogP) is 3.79. The number of alkyl halides is 2. The van der Waals surface area contributed by atoms with Crippen LogP contribution in [0.5, 0.6) is 0 Å². The lowest BCUT2D eigenvalue weighted by Crippen LogP contribution is -2.06. The molecule has 1 rings (SSSR count). The van der Waals surface area contributed by atoms with Crippen molar-refractivity contribution in [1.29, 1.82) is 0 Å². The molecule has 0 aliphatic rings. The van der Waals surface area contributed by atoms with Crippen molar-refractivity contribution in [2.45, 2.75) is 3.42 Å². The van der Waals surface area contributed by atoms with Crippen LogP contribution >= 0.6 is 47.8 Å². The molecular formula is C8H5BrF2IOP. The van der Waals surface area contributed by atoms with E-state index < -0.39 is 9.23 Å². The van der Waals surface area contributed by atoms with Crippen LogP contribution in [-0.4, -0.2) is 6.29 Å². The van der Waals surface area contributed by atoms with Crippen molar-refractivity contribution in [2.75, 3.05) is 0 Å². The monoisotopic (exact) mass is 392 g/mol. The molecule has 0 aliphatic carbocycles. The molecule has 0 bridgehead atoms. The number of hydrogen-bond acceptors (Lipinski definition) is 1. The van der Waals surface area contributed by atoms with Crippen LogP contribution in [0.15, 0.2) is 16.6 Å². The number of carbonyl (C=O) groups excluding carboxylic acids is 1. The lowest BCUT2D eigenvalue weighted by atomic mass is 10.1. The molecule has 76 valence electrons. The van der Waals surface area contributed by atoms with Gasteiger partial charge in [0.05, 0.1) is 5.56 Å². The first-order valence-corrected chi connectivity index (χ1v) is 5.93. The molecule has 1 aromatic carbocycles. The SMILES string of the molecule is O=Cc1c(Br)ccc(C(F)(P)I)c1F. The van der Waals surface area contributed by atoms with Gasteiger partial charge in [0.2, 0.25) is 3.42 Å². The summed E-state index contributed by atoms with van der Waals surface area (Å²) in [6.07, 6.45) is 0.357. The molecular weight excluding hydrogens is 388 g/mol. The smallest absolute Gasteiger partial charge is 0.200 e. The van der Waals surface area contributed by atoms with Gasteiger partial charge in [0.1, 0.15) is 5.82 Å². The standard InChI is InChI=1S/C8H5BrF2IOP/c9-6-2-1-5(8(11,12)14)7(10)4(6)3-13/h1-3H,14H2. The van der Waals surface area contributed by atoms with Gasteiger partial charge in [0.15, 0.2) is 6.29 Å². The van der Waals surface area contributed by atoms with Crippen LogP contribution in [0.4, 0.5) is 8.78 Å². The van der Waals surface area contributed by atoms with Gasteiger partial charge in [-0.3, -0.25) is 4.79 Å². The summed E-state index contributed by atoms with van der Waals surface area (Å²) < 4.78 is 25.3. The third kappa shape index (κ3) is 2.49. The van der Waals surface area contributed by atoms with E-state index in [2.05, 4.69) is 15.9 Å². The van der Waals surface area contributed by atoms with Crippen LogP contribution in [-0.2, 0) is 3.42 Å². The molecule has 0 amide bonds. The zero-order valence-corrected chi connectivity index (χ0v) is 11.6.